The van der Waals surface area contributed by atoms with Crippen molar-refractivity contribution < 1.29 is 5.11 Å². The zero-order valence-corrected chi connectivity index (χ0v) is 11.6. The molecule has 3 heteroatoms. The van der Waals surface area contributed by atoms with E-state index in [1.54, 1.807) is 6.07 Å². The highest BCUT2D eigenvalue weighted by molar-refractivity contribution is 5.37. The van der Waals surface area contributed by atoms with E-state index in [1.807, 2.05) is 6.07 Å². The number of likely N-dealkylation sites (N-methyl/N-ethyl adjacent to an activating group) is 1. The number of hydrogen-bond donors (Lipinski definition) is 2. The minimum Gasteiger partial charge on any atom is -0.508 e. The number of likely N-dealkylation sites (tertiary alicyclic amines) is 1. The van der Waals surface area contributed by atoms with Gasteiger partial charge in [0.2, 0.25) is 0 Å². The molecule has 18 heavy (non-hydrogen) atoms. The van der Waals surface area contributed by atoms with Crippen LogP contribution in [0.4, 0.5) is 0 Å². The standard InChI is InChI=1S/C15H24N2O/c1-11-6-7-15(18)14(9-11)12(2)16-10-13-5-4-8-17(13)3/h6-7,9,12-13,16,18H,4-5,8,10H2,1-3H3. The van der Waals surface area contributed by atoms with Gasteiger partial charge in [-0.2, -0.15) is 0 Å². The minimum atomic E-state index is 0.193. The van der Waals surface area contributed by atoms with E-state index in [0.717, 1.165) is 12.1 Å². The Hall–Kier alpha value is -1.06. The summed E-state index contributed by atoms with van der Waals surface area (Å²) in [7, 11) is 2.19. The third kappa shape index (κ3) is 3.03. The topological polar surface area (TPSA) is 35.5 Å². The predicted octanol–water partition coefficient (Wildman–Crippen LogP) is 2.45. The molecular weight excluding hydrogens is 224 g/mol. The summed E-state index contributed by atoms with van der Waals surface area (Å²) in [5.74, 6) is 0.389. The fourth-order valence-electron chi connectivity index (χ4n) is 2.68. The lowest BCUT2D eigenvalue weighted by atomic mass is 10.0. The van der Waals surface area contributed by atoms with Crippen molar-refractivity contribution in [2.75, 3.05) is 20.1 Å². The first kappa shape index (κ1) is 13.4. The molecule has 2 atom stereocenters. The molecule has 1 saturated heterocycles. The van der Waals surface area contributed by atoms with E-state index in [4.69, 9.17) is 0 Å². The van der Waals surface area contributed by atoms with Gasteiger partial charge in [-0.15, -0.1) is 0 Å². The number of aromatic hydroxyl groups is 1. The summed E-state index contributed by atoms with van der Waals surface area (Å²) in [6, 6.07) is 6.62. The highest BCUT2D eigenvalue weighted by Gasteiger charge is 2.21. The van der Waals surface area contributed by atoms with Crippen LogP contribution >= 0.6 is 0 Å². The molecule has 3 nitrogen and oxygen atoms in total. The average molecular weight is 248 g/mol. The molecule has 0 aromatic heterocycles. The number of hydrogen-bond acceptors (Lipinski definition) is 3. The monoisotopic (exact) mass is 248 g/mol. The van der Waals surface area contributed by atoms with Gasteiger partial charge in [0.15, 0.2) is 0 Å². The molecule has 0 amide bonds. The Morgan fingerprint density at radius 1 is 1.50 bits per heavy atom. The second kappa shape index (κ2) is 5.72. The molecule has 2 rings (SSSR count). The van der Waals surface area contributed by atoms with Crippen LogP contribution in [0.2, 0.25) is 0 Å². The number of nitrogens with one attached hydrogen (secondary N) is 1. The van der Waals surface area contributed by atoms with Gasteiger partial charge in [0, 0.05) is 24.2 Å². The van der Waals surface area contributed by atoms with E-state index in [0.29, 0.717) is 11.8 Å². The first-order valence-corrected chi connectivity index (χ1v) is 6.81. The number of rotatable bonds is 4. The third-order valence-electron chi connectivity index (χ3n) is 3.98. The Morgan fingerprint density at radius 2 is 2.28 bits per heavy atom. The Balaban J connectivity index is 1.94. The van der Waals surface area contributed by atoms with Gasteiger partial charge in [-0.3, -0.25) is 0 Å². The van der Waals surface area contributed by atoms with Gasteiger partial charge in [0.05, 0.1) is 0 Å². The summed E-state index contributed by atoms with van der Waals surface area (Å²) >= 11 is 0. The molecule has 0 saturated carbocycles. The van der Waals surface area contributed by atoms with E-state index < -0.39 is 0 Å². The van der Waals surface area contributed by atoms with Crippen LogP contribution in [-0.2, 0) is 0 Å². The lowest BCUT2D eigenvalue weighted by Crippen LogP contribution is -2.36. The van der Waals surface area contributed by atoms with Gasteiger partial charge < -0.3 is 15.3 Å². The molecule has 100 valence electrons. The van der Waals surface area contributed by atoms with E-state index in [9.17, 15) is 5.11 Å². The lowest BCUT2D eigenvalue weighted by molar-refractivity contribution is 0.293. The molecule has 1 heterocycles. The normalized spacial score (nSPS) is 22.3. The number of phenolic OH excluding ortho intramolecular Hbond substituents is 1. The van der Waals surface area contributed by atoms with Gasteiger partial charge in [-0.05, 0) is 46.3 Å². The van der Waals surface area contributed by atoms with Crippen molar-refractivity contribution in [2.24, 2.45) is 0 Å². The highest BCUT2D eigenvalue weighted by atomic mass is 16.3. The van der Waals surface area contributed by atoms with Gasteiger partial charge in [-0.25, -0.2) is 0 Å². The molecule has 1 fully saturated rings. The van der Waals surface area contributed by atoms with Crippen molar-refractivity contribution in [3.63, 3.8) is 0 Å². The van der Waals surface area contributed by atoms with Gasteiger partial charge in [-0.1, -0.05) is 17.7 Å². The summed E-state index contributed by atoms with van der Waals surface area (Å²) in [5.41, 5.74) is 2.19. The summed E-state index contributed by atoms with van der Waals surface area (Å²) in [6.07, 6.45) is 2.57. The summed E-state index contributed by atoms with van der Waals surface area (Å²) in [6.45, 7) is 6.37. The Kier molecular flexibility index (Phi) is 4.25. The zero-order valence-electron chi connectivity index (χ0n) is 11.6. The second-order valence-electron chi connectivity index (χ2n) is 5.47. The van der Waals surface area contributed by atoms with Crippen LogP contribution in [0.5, 0.6) is 5.75 Å². The van der Waals surface area contributed by atoms with Crippen molar-refractivity contribution in [1.82, 2.24) is 10.2 Å². The van der Waals surface area contributed by atoms with Crippen molar-refractivity contribution in [3.8, 4) is 5.75 Å². The maximum Gasteiger partial charge on any atom is 0.120 e. The lowest BCUT2D eigenvalue weighted by Gasteiger charge is -2.23. The molecule has 0 aliphatic carbocycles. The largest absolute Gasteiger partial charge is 0.508 e. The smallest absolute Gasteiger partial charge is 0.120 e. The number of aryl methyl sites for hydroxylation is 1. The van der Waals surface area contributed by atoms with Crippen LogP contribution in [-0.4, -0.2) is 36.2 Å². The first-order valence-electron chi connectivity index (χ1n) is 6.81. The van der Waals surface area contributed by atoms with Gasteiger partial charge >= 0.3 is 0 Å². The molecule has 1 aromatic rings. The van der Waals surface area contributed by atoms with Crippen LogP contribution in [0.15, 0.2) is 18.2 Å². The highest BCUT2D eigenvalue weighted by Crippen LogP contribution is 2.25. The quantitative estimate of drug-likeness (QED) is 0.859. The summed E-state index contributed by atoms with van der Waals surface area (Å²) in [4.78, 5) is 2.41. The number of nitrogens with zero attached hydrogens (tertiary/aromatic N) is 1. The number of benzene rings is 1. The van der Waals surface area contributed by atoms with Crippen LogP contribution in [0, 0.1) is 6.92 Å². The zero-order chi connectivity index (χ0) is 13.1. The van der Waals surface area contributed by atoms with Crippen LogP contribution in [0.25, 0.3) is 0 Å². The van der Waals surface area contributed by atoms with Crippen molar-refractivity contribution in [1.29, 1.82) is 0 Å². The van der Waals surface area contributed by atoms with E-state index in [2.05, 4.69) is 37.2 Å². The molecule has 0 bridgehead atoms. The Morgan fingerprint density at radius 3 is 2.94 bits per heavy atom. The maximum absolute atomic E-state index is 9.90. The maximum atomic E-state index is 9.90. The SMILES string of the molecule is Cc1ccc(O)c(C(C)NCC2CCCN2C)c1. The Bertz CT molecular complexity index is 405. The molecule has 2 N–H and O–H groups in total. The van der Waals surface area contributed by atoms with Crippen molar-refractivity contribution >= 4 is 0 Å². The first-order chi connectivity index (χ1) is 8.58. The molecule has 1 aliphatic heterocycles. The molecule has 1 aromatic carbocycles. The predicted molar refractivity (Wildman–Crippen MR) is 74.9 cm³/mol. The van der Waals surface area contributed by atoms with Gasteiger partial charge in [0.1, 0.15) is 5.75 Å². The molecule has 1 aliphatic rings. The molecule has 0 spiro atoms. The van der Waals surface area contributed by atoms with Crippen LogP contribution < -0.4 is 5.32 Å². The Labute approximate surface area is 110 Å². The van der Waals surface area contributed by atoms with Crippen molar-refractivity contribution in [3.05, 3.63) is 29.3 Å². The minimum absolute atomic E-state index is 0.193. The van der Waals surface area contributed by atoms with E-state index >= 15 is 0 Å². The molecule has 0 radical (unpaired) electrons. The third-order valence-corrected chi connectivity index (χ3v) is 3.98. The fourth-order valence-corrected chi connectivity index (χ4v) is 2.68. The average Bonchev–Trinajstić information content (AvgIpc) is 2.75. The fraction of sp³-hybridized carbons (Fsp3) is 0.600. The molecular formula is C15H24N2O. The van der Waals surface area contributed by atoms with Gasteiger partial charge in [0.25, 0.3) is 0 Å². The van der Waals surface area contributed by atoms with Crippen molar-refractivity contribution in [2.45, 2.75) is 38.8 Å². The number of phenols is 1. The van der Waals surface area contributed by atoms with E-state index in [-0.39, 0.29) is 6.04 Å². The second-order valence-corrected chi connectivity index (χ2v) is 5.47. The van der Waals surface area contributed by atoms with Crippen LogP contribution in [0.3, 0.4) is 0 Å². The molecule has 2 unspecified atom stereocenters. The summed E-state index contributed by atoms with van der Waals surface area (Å²) in [5, 5.41) is 13.4. The van der Waals surface area contributed by atoms with E-state index in [1.165, 1.54) is 24.9 Å². The van der Waals surface area contributed by atoms with Crippen LogP contribution in [0.1, 0.15) is 36.9 Å². The summed E-state index contributed by atoms with van der Waals surface area (Å²) < 4.78 is 0.